The summed E-state index contributed by atoms with van der Waals surface area (Å²) in [7, 11) is 0. The highest BCUT2D eigenvalue weighted by molar-refractivity contribution is 14.1. The van der Waals surface area contributed by atoms with E-state index < -0.39 is 0 Å². The largest absolute Gasteiger partial charge is 0.381 e. The number of H-pyrrole nitrogens is 1. The van der Waals surface area contributed by atoms with Gasteiger partial charge in [0.1, 0.15) is 5.82 Å². The average molecular weight is 348 g/mol. The number of rotatable bonds is 3. The molecule has 1 atom stereocenters. The van der Waals surface area contributed by atoms with E-state index in [0.717, 1.165) is 34.5 Å². The maximum absolute atomic E-state index is 11.9. The van der Waals surface area contributed by atoms with Crippen LogP contribution in [0.15, 0.2) is 4.79 Å². The third kappa shape index (κ3) is 3.07. The summed E-state index contributed by atoms with van der Waals surface area (Å²) >= 11 is 2.08. The van der Waals surface area contributed by atoms with Crippen molar-refractivity contribution >= 4 is 22.6 Å². The van der Waals surface area contributed by atoms with Crippen LogP contribution < -0.4 is 5.56 Å². The van der Waals surface area contributed by atoms with Crippen molar-refractivity contribution in [1.82, 2.24) is 9.97 Å². The molecule has 0 saturated carbocycles. The van der Waals surface area contributed by atoms with E-state index in [1.54, 1.807) is 0 Å². The van der Waals surface area contributed by atoms with Crippen molar-refractivity contribution in [3.8, 4) is 0 Å². The lowest BCUT2D eigenvalue weighted by molar-refractivity contribution is 0.193. The number of hydrogen-bond donors (Lipinski definition) is 1. The van der Waals surface area contributed by atoms with Crippen LogP contribution in [0.2, 0.25) is 0 Å². The predicted molar refractivity (Wildman–Crippen MR) is 74.3 cm³/mol. The average Bonchev–Trinajstić information content (AvgIpc) is 2.77. The highest BCUT2D eigenvalue weighted by atomic mass is 127. The number of nitrogens with one attached hydrogen (secondary N) is 1. The van der Waals surface area contributed by atoms with Crippen molar-refractivity contribution in [3.05, 3.63) is 25.4 Å². The van der Waals surface area contributed by atoms with Gasteiger partial charge in [0.15, 0.2) is 0 Å². The van der Waals surface area contributed by atoms with Crippen LogP contribution in [-0.4, -0.2) is 23.2 Å². The topological polar surface area (TPSA) is 55.0 Å². The van der Waals surface area contributed by atoms with Gasteiger partial charge in [-0.05, 0) is 41.4 Å². The maximum Gasteiger partial charge on any atom is 0.264 e. The zero-order valence-corrected chi connectivity index (χ0v) is 12.3. The zero-order chi connectivity index (χ0) is 12.4. The molecular weight excluding hydrogens is 331 g/mol. The Morgan fingerprint density at radius 2 is 2.35 bits per heavy atom. The minimum atomic E-state index is -0.0156. The second-order valence-corrected chi connectivity index (χ2v) is 5.95. The van der Waals surface area contributed by atoms with E-state index >= 15 is 0 Å². The fourth-order valence-electron chi connectivity index (χ4n) is 1.99. The smallest absolute Gasteiger partial charge is 0.264 e. The molecule has 4 nitrogen and oxygen atoms in total. The van der Waals surface area contributed by atoms with Crippen LogP contribution in [0.3, 0.4) is 0 Å². The molecule has 0 bridgehead atoms. The maximum atomic E-state index is 11.9. The number of halogens is 1. The lowest BCUT2D eigenvalue weighted by atomic mass is 10.1. The Labute approximate surface area is 114 Å². The first-order valence-corrected chi connectivity index (χ1v) is 7.02. The van der Waals surface area contributed by atoms with Crippen LogP contribution in [0.25, 0.3) is 0 Å². The number of ether oxygens (including phenoxy) is 1. The van der Waals surface area contributed by atoms with E-state index in [0.29, 0.717) is 12.5 Å². The summed E-state index contributed by atoms with van der Waals surface area (Å²) in [6.07, 6.45) is 1.80. The van der Waals surface area contributed by atoms with E-state index in [-0.39, 0.29) is 11.5 Å². The molecule has 1 saturated heterocycles. The fraction of sp³-hybridized carbons (Fsp3) is 0.667. The molecule has 1 aromatic heterocycles. The molecule has 2 heterocycles. The van der Waals surface area contributed by atoms with Gasteiger partial charge in [0.2, 0.25) is 0 Å². The first-order valence-electron chi connectivity index (χ1n) is 5.94. The summed E-state index contributed by atoms with van der Waals surface area (Å²) in [6.45, 7) is 5.71. The van der Waals surface area contributed by atoms with E-state index in [9.17, 15) is 4.79 Å². The van der Waals surface area contributed by atoms with Crippen molar-refractivity contribution < 1.29 is 4.74 Å². The zero-order valence-electron chi connectivity index (χ0n) is 10.1. The van der Waals surface area contributed by atoms with Gasteiger partial charge in [-0.1, -0.05) is 13.8 Å². The van der Waals surface area contributed by atoms with Crippen LogP contribution in [0.4, 0.5) is 0 Å². The summed E-state index contributed by atoms with van der Waals surface area (Å²) in [5, 5.41) is 0. The van der Waals surface area contributed by atoms with Crippen molar-refractivity contribution in [2.45, 2.75) is 32.6 Å². The van der Waals surface area contributed by atoms with E-state index in [1.807, 2.05) is 0 Å². The summed E-state index contributed by atoms with van der Waals surface area (Å²) in [6, 6.07) is 0. The Morgan fingerprint density at radius 3 is 2.94 bits per heavy atom. The SMILES string of the molecule is CC(C)Cc1nc(C2CCOC2)[nH]c(=O)c1I. The first-order chi connectivity index (χ1) is 8.08. The van der Waals surface area contributed by atoms with Gasteiger partial charge in [-0.25, -0.2) is 4.98 Å². The van der Waals surface area contributed by atoms with Crippen molar-refractivity contribution in [2.24, 2.45) is 5.92 Å². The molecule has 0 aromatic carbocycles. The molecule has 1 aliphatic rings. The third-order valence-electron chi connectivity index (χ3n) is 2.87. The van der Waals surface area contributed by atoms with Crippen LogP contribution in [0, 0.1) is 9.49 Å². The molecule has 17 heavy (non-hydrogen) atoms. The summed E-state index contributed by atoms with van der Waals surface area (Å²) in [4.78, 5) is 19.3. The monoisotopic (exact) mass is 348 g/mol. The van der Waals surface area contributed by atoms with Gasteiger partial charge in [0.05, 0.1) is 15.9 Å². The fourth-order valence-corrected chi connectivity index (χ4v) is 2.47. The standard InChI is InChI=1S/C12H17IN2O2/c1-7(2)5-9-10(13)12(16)15-11(14-9)8-3-4-17-6-8/h7-8H,3-6H2,1-2H3,(H,14,15,16). The van der Waals surface area contributed by atoms with Crippen molar-refractivity contribution in [1.29, 1.82) is 0 Å². The number of aromatic nitrogens is 2. The molecule has 1 unspecified atom stereocenters. The normalized spacial score (nSPS) is 20.1. The molecular formula is C12H17IN2O2. The van der Waals surface area contributed by atoms with Gasteiger partial charge >= 0.3 is 0 Å². The molecule has 1 aliphatic heterocycles. The summed E-state index contributed by atoms with van der Waals surface area (Å²) < 4.78 is 6.06. The minimum absolute atomic E-state index is 0.0156. The van der Waals surface area contributed by atoms with Gasteiger partial charge in [0.25, 0.3) is 5.56 Å². The van der Waals surface area contributed by atoms with Crippen LogP contribution in [0.1, 0.15) is 37.7 Å². The van der Waals surface area contributed by atoms with Crippen molar-refractivity contribution in [2.75, 3.05) is 13.2 Å². The lowest BCUT2D eigenvalue weighted by Crippen LogP contribution is -2.21. The predicted octanol–water partition coefficient (Wildman–Crippen LogP) is 2.08. The molecule has 0 amide bonds. The van der Waals surface area contributed by atoms with Gasteiger partial charge in [0, 0.05) is 12.5 Å². The Bertz CT molecular complexity index is 450. The molecule has 2 rings (SSSR count). The van der Waals surface area contributed by atoms with Crippen molar-refractivity contribution in [3.63, 3.8) is 0 Å². The first kappa shape index (κ1) is 13.0. The minimum Gasteiger partial charge on any atom is -0.381 e. The molecule has 1 aromatic rings. The second-order valence-electron chi connectivity index (χ2n) is 4.87. The van der Waals surface area contributed by atoms with Crippen LogP contribution in [-0.2, 0) is 11.2 Å². The Balaban J connectivity index is 2.34. The number of aromatic amines is 1. The molecule has 1 N–H and O–H groups in total. The highest BCUT2D eigenvalue weighted by Gasteiger charge is 2.22. The molecule has 5 heteroatoms. The Hall–Kier alpha value is -0.430. The summed E-state index contributed by atoms with van der Waals surface area (Å²) in [5.74, 6) is 1.56. The lowest BCUT2D eigenvalue weighted by Gasteiger charge is -2.11. The van der Waals surface area contributed by atoms with Gasteiger partial charge < -0.3 is 9.72 Å². The number of nitrogens with zero attached hydrogens (tertiary/aromatic N) is 1. The summed E-state index contributed by atoms with van der Waals surface area (Å²) in [5.41, 5.74) is 0.907. The van der Waals surface area contributed by atoms with E-state index in [1.165, 1.54) is 0 Å². The Kier molecular flexibility index (Phi) is 4.19. The molecule has 1 fully saturated rings. The van der Waals surface area contributed by atoms with Gasteiger partial charge in [-0.15, -0.1) is 0 Å². The molecule has 0 aliphatic carbocycles. The molecule has 0 spiro atoms. The van der Waals surface area contributed by atoms with Gasteiger partial charge in [-0.2, -0.15) is 0 Å². The quantitative estimate of drug-likeness (QED) is 0.851. The highest BCUT2D eigenvalue weighted by Crippen LogP contribution is 2.22. The van der Waals surface area contributed by atoms with Gasteiger partial charge in [-0.3, -0.25) is 4.79 Å². The third-order valence-corrected chi connectivity index (χ3v) is 3.98. The Morgan fingerprint density at radius 1 is 1.59 bits per heavy atom. The van der Waals surface area contributed by atoms with Crippen LogP contribution in [0.5, 0.6) is 0 Å². The van der Waals surface area contributed by atoms with E-state index in [4.69, 9.17) is 4.74 Å². The van der Waals surface area contributed by atoms with E-state index in [2.05, 4.69) is 46.4 Å². The van der Waals surface area contributed by atoms with Crippen LogP contribution >= 0.6 is 22.6 Å². The molecule has 94 valence electrons. The molecule has 0 radical (unpaired) electrons. The number of hydrogen-bond acceptors (Lipinski definition) is 3. The second kappa shape index (κ2) is 5.48.